The van der Waals surface area contributed by atoms with Gasteiger partial charge in [0.05, 0.1) is 20.4 Å². The maximum atomic E-state index is 4.95. The summed E-state index contributed by atoms with van der Waals surface area (Å²) in [4.78, 5) is 0. The van der Waals surface area contributed by atoms with E-state index in [-0.39, 0.29) is 0 Å². The average Bonchev–Trinajstić information content (AvgIpc) is 2.30. The minimum Gasteiger partial charge on any atom is -0.490 e. The molecule has 0 fully saturated rings. The highest BCUT2D eigenvalue weighted by molar-refractivity contribution is 5.30. The van der Waals surface area contributed by atoms with Crippen LogP contribution in [0, 0.1) is 0 Å². The molecule has 10 heavy (non-hydrogen) atoms. The van der Waals surface area contributed by atoms with Crippen molar-refractivity contribution in [3.8, 4) is 11.6 Å². The molecule has 0 radical (unpaired) electrons. The Bertz CT molecular complexity index is 198. The van der Waals surface area contributed by atoms with Crippen molar-refractivity contribution in [2.24, 2.45) is 7.05 Å². The molecule has 1 rings (SSSR count). The lowest BCUT2D eigenvalue weighted by molar-refractivity contribution is 0.346. The predicted molar refractivity (Wildman–Crippen MR) is 36.3 cm³/mol. The van der Waals surface area contributed by atoms with Crippen LogP contribution in [0.5, 0.6) is 11.6 Å². The number of aromatic nitrogens is 2. The summed E-state index contributed by atoms with van der Waals surface area (Å²) >= 11 is 0. The minimum atomic E-state index is 0.519. The van der Waals surface area contributed by atoms with Crippen molar-refractivity contribution in [2.45, 2.75) is 0 Å². The van der Waals surface area contributed by atoms with Gasteiger partial charge >= 0.3 is 0 Å². The third-order valence-electron chi connectivity index (χ3n) is 1.18. The molecule has 0 aliphatic rings. The number of hydrogen-bond donors (Lipinski definition) is 0. The number of hydrogen-bond acceptors (Lipinski definition) is 3. The van der Waals surface area contributed by atoms with Crippen molar-refractivity contribution in [2.75, 3.05) is 14.2 Å². The highest BCUT2D eigenvalue weighted by Crippen LogP contribution is 2.22. The fourth-order valence-corrected chi connectivity index (χ4v) is 0.728. The number of rotatable bonds is 2. The lowest BCUT2D eigenvalue weighted by Crippen LogP contribution is -1.89. The first-order chi connectivity index (χ1) is 4.77. The lowest BCUT2D eigenvalue weighted by atomic mass is 10.6. The van der Waals surface area contributed by atoms with Gasteiger partial charge in [0.2, 0.25) is 5.75 Å². The van der Waals surface area contributed by atoms with Crippen molar-refractivity contribution in [3.63, 3.8) is 0 Å². The summed E-state index contributed by atoms with van der Waals surface area (Å²) in [6.45, 7) is 0. The molecule has 0 aliphatic heterocycles. The van der Waals surface area contributed by atoms with Gasteiger partial charge in [0.15, 0.2) is 0 Å². The largest absolute Gasteiger partial charge is 0.490 e. The van der Waals surface area contributed by atoms with Gasteiger partial charge in [-0.15, -0.1) is 5.10 Å². The molecule has 0 unspecified atom stereocenters. The molecule has 0 N–H and O–H groups in total. The van der Waals surface area contributed by atoms with E-state index in [2.05, 4.69) is 5.10 Å². The van der Waals surface area contributed by atoms with Crippen molar-refractivity contribution in [1.82, 2.24) is 9.78 Å². The molecule has 1 heterocycles. The van der Waals surface area contributed by atoms with Crippen LogP contribution in [0.2, 0.25) is 0 Å². The van der Waals surface area contributed by atoms with Crippen LogP contribution < -0.4 is 9.47 Å². The summed E-state index contributed by atoms with van der Waals surface area (Å²) in [7, 11) is 4.95. The Morgan fingerprint density at radius 3 is 2.50 bits per heavy atom. The summed E-state index contributed by atoms with van der Waals surface area (Å²) in [6.07, 6.45) is 1.75. The first-order valence-electron chi connectivity index (χ1n) is 2.89. The van der Waals surface area contributed by atoms with E-state index < -0.39 is 0 Å². The third kappa shape index (κ3) is 1.05. The molecule has 0 aromatic carbocycles. The van der Waals surface area contributed by atoms with Gasteiger partial charge in [-0.2, -0.15) is 0 Å². The number of methoxy groups -OCH3 is 2. The van der Waals surface area contributed by atoms with Crippen LogP contribution in [-0.4, -0.2) is 24.0 Å². The second kappa shape index (κ2) is 2.60. The second-order valence-corrected chi connectivity index (χ2v) is 1.88. The van der Waals surface area contributed by atoms with Crippen LogP contribution >= 0.6 is 0 Å². The molecule has 0 saturated carbocycles. The summed E-state index contributed by atoms with van der Waals surface area (Å²) in [5.74, 6) is 1.18. The SMILES string of the molecule is COc1cn(C)nc1OC. The van der Waals surface area contributed by atoms with Crippen molar-refractivity contribution >= 4 is 0 Å². The molecule has 0 aliphatic carbocycles. The van der Waals surface area contributed by atoms with Gasteiger partial charge in [-0.1, -0.05) is 0 Å². The predicted octanol–water partition coefficient (Wildman–Crippen LogP) is 0.437. The average molecular weight is 142 g/mol. The smallest absolute Gasteiger partial charge is 0.275 e. The summed E-state index contributed by atoms with van der Waals surface area (Å²) in [5, 5.41) is 3.97. The fourth-order valence-electron chi connectivity index (χ4n) is 0.728. The van der Waals surface area contributed by atoms with Crippen LogP contribution in [-0.2, 0) is 7.05 Å². The van der Waals surface area contributed by atoms with Crippen molar-refractivity contribution < 1.29 is 9.47 Å². The Hall–Kier alpha value is -1.19. The van der Waals surface area contributed by atoms with Gasteiger partial charge in [-0.3, -0.25) is 4.68 Å². The summed E-state index contributed by atoms with van der Waals surface area (Å²) in [5.41, 5.74) is 0. The summed E-state index contributed by atoms with van der Waals surface area (Å²) < 4.78 is 11.5. The van der Waals surface area contributed by atoms with Gasteiger partial charge in [0.1, 0.15) is 0 Å². The highest BCUT2D eigenvalue weighted by Gasteiger charge is 2.05. The van der Waals surface area contributed by atoms with Crippen LogP contribution in [0.15, 0.2) is 6.20 Å². The van der Waals surface area contributed by atoms with Crippen LogP contribution in [0.1, 0.15) is 0 Å². The van der Waals surface area contributed by atoms with Gasteiger partial charge in [-0.05, 0) is 0 Å². The summed E-state index contributed by atoms with van der Waals surface area (Å²) in [6, 6.07) is 0. The maximum Gasteiger partial charge on any atom is 0.275 e. The van der Waals surface area contributed by atoms with Gasteiger partial charge in [-0.25, -0.2) is 0 Å². The second-order valence-electron chi connectivity index (χ2n) is 1.88. The number of ether oxygens (including phenoxy) is 2. The highest BCUT2D eigenvalue weighted by atomic mass is 16.5. The molecule has 1 aromatic rings. The third-order valence-corrected chi connectivity index (χ3v) is 1.18. The zero-order valence-corrected chi connectivity index (χ0v) is 6.29. The van der Waals surface area contributed by atoms with Crippen LogP contribution in [0.25, 0.3) is 0 Å². The van der Waals surface area contributed by atoms with E-state index in [1.807, 2.05) is 7.05 Å². The first kappa shape index (κ1) is 6.92. The molecule has 1 aromatic heterocycles. The van der Waals surface area contributed by atoms with Gasteiger partial charge in [0, 0.05) is 7.05 Å². The van der Waals surface area contributed by atoms with Gasteiger partial charge in [0.25, 0.3) is 5.88 Å². The molecule has 0 amide bonds. The topological polar surface area (TPSA) is 36.3 Å². The van der Waals surface area contributed by atoms with Crippen LogP contribution in [0.3, 0.4) is 0 Å². The van der Waals surface area contributed by atoms with Crippen LogP contribution in [0.4, 0.5) is 0 Å². The monoisotopic (exact) mass is 142 g/mol. The zero-order chi connectivity index (χ0) is 7.56. The Balaban J connectivity index is 2.96. The molecular weight excluding hydrogens is 132 g/mol. The molecule has 0 saturated heterocycles. The first-order valence-corrected chi connectivity index (χ1v) is 2.89. The van der Waals surface area contributed by atoms with Crippen molar-refractivity contribution in [3.05, 3.63) is 6.20 Å². The zero-order valence-electron chi connectivity index (χ0n) is 6.29. The lowest BCUT2D eigenvalue weighted by Gasteiger charge is -1.95. The Morgan fingerprint density at radius 1 is 1.40 bits per heavy atom. The molecule has 4 nitrogen and oxygen atoms in total. The van der Waals surface area contributed by atoms with E-state index in [0.29, 0.717) is 11.6 Å². The van der Waals surface area contributed by atoms with E-state index in [0.717, 1.165) is 0 Å². The van der Waals surface area contributed by atoms with E-state index in [4.69, 9.17) is 9.47 Å². The fraction of sp³-hybridized carbons (Fsp3) is 0.500. The molecule has 4 heteroatoms. The van der Waals surface area contributed by atoms with E-state index >= 15 is 0 Å². The Labute approximate surface area is 59.4 Å². The molecule has 56 valence electrons. The van der Waals surface area contributed by atoms with E-state index in [9.17, 15) is 0 Å². The molecule has 0 bridgehead atoms. The Morgan fingerprint density at radius 2 is 2.10 bits per heavy atom. The number of nitrogens with zero attached hydrogens (tertiary/aromatic N) is 2. The standard InChI is InChI=1S/C6H10N2O2/c1-8-4-5(9-2)6(7-8)10-3/h4H,1-3H3. The normalized spacial score (nSPS) is 9.50. The van der Waals surface area contributed by atoms with E-state index in [1.54, 1.807) is 25.1 Å². The molecular formula is C6H10N2O2. The number of aryl methyl sites for hydroxylation is 1. The molecule has 0 atom stereocenters. The van der Waals surface area contributed by atoms with Gasteiger partial charge < -0.3 is 9.47 Å². The van der Waals surface area contributed by atoms with E-state index in [1.165, 1.54) is 0 Å². The quantitative estimate of drug-likeness (QED) is 0.601. The Kier molecular flexibility index (Phi) is 1.80. The van der Waals surface area contributed by atoms with Crippen molar-refractivity contribution in [1.29, 1.82) is 0 Å². The maximum absolute atomic E-state index is 4.95. The minimum absolute atomic E-state index is 0.519. The molecule has 0 spiro atoms.